The summed E-state index contributed by atoms with van der Waals surface area (Å²) in [6.45, 7) is 4.46. The summed E-state index contributed by atoms with van der Waals surface area (Å²) in [6.07, 6.45) is 9.15. The number of amides is 1. The van der Waals surface area contributed by atoms with Crippen LogP contribution in [-0.2, 0) is 9.53 Å². The number of methoxy groups -OCH3 is 2. The zero-order chi connectivity index (χ0) is 19.8. The Labute approximate surface area is 167 Å². The number of ether oxygens (including phenoxy) is 3. The number of hydrogen-bond donors (Lipinski definition) is 1. The Morgan fingerprint density at radius 3 is 2.54 bits per heavy atom. The summed E-state index contributed by atoms with van der Waals surface area (Å²) < 4.78 is 16.2. The van der Waals surface area contributed by atoms with E-state index >= 15 is 0 Å². The van der Waals surface area contributed by atoms with E-state index < -0.39 is 0 Å². The van der Waals surface area contributed by atoms with Gasteiger partial charge in [0.15, 0.2) is 11.5 Å². The van der Waals surface area contributed by atoms with Gasteiger partial charge < -0.3 is 19.5 Å². The molecule has 1 amide bonds. The van der Waals surface area contributed by atoms with Crippen LogP contribution in [0.25, 0.3) is 6.08 Å². The first-order valence-corrected chi connectivity index (χ1v) is 10.2. The molecule has 0 aromatic heterocycles. The number of nitrogens with one attached hydrogen (secondary N) is 1. The van der Waals surface area contributed by atoms with Gasteiger partial charge in [-0.25, -0.2) is 0 Å². The Kier molecular flexibility index (Phi) is 7.34. The predicted molar refractivity (Wildman–Crippen MR) is 110 cm³/mol. The molecule has 154 valence electrons. The highest BCUT2D eigenvalue weighted by Gasteiger charge is 2.38. The molecule has 0 saturated carbocycles. The lowest BCUT2D eigenvalue weighted by molar-refractivity contribution is -0.118. The standard InChI is InChI=1S/C22H32N2O4/c1-26-19-8-6-18(16-20(19)27-2)7-9-21(25)23-17-22(10-14-28-15-11-22)24-12-4-3-5-13-24/h6-9,16H,3-5,10-15,17H2,1-2H3,(H,23,25). The quantitative estimate of drug-likeness (QED) is 0.728. The fraction of sp³-hybridized carbons (Fsp3) is 0.591. The number of carbonyl (C=O) groups excluding carboxylic acids is 1. The zero-order valence-corrected chi connectivity index (χ0v) is 17.0. The van der Waals surface area contributed by atoms with Gasteiger partial charge in [0.25, 0.3) is 0 Å². The van der Waals surface area contributed by atoms with Crippen LogP contribution in [0, 0.1) is 0 Å². The molecule has 6 heteroatoms. The molecular weight excluding hydrogens is 356 g/mol. The van der Waals surface area contributed by atoms with Crippen molar-refractivity contribution < 1.29 is 19.0 Å². The number of likely N-dealkylation sites (tertiary alicyclic amines) is 1. The fourth-order valence-corrected chi connectivity index (χ4v) is 4.16. The molecule has 2 saturated heterocycles. The summed E-state index contributed by atoms with van der Waals surface area (Å²) in [4.78, 5) is 15.0. The highest BCUT2D eigenvalue weighted by atomic mass is 16.5. The largest absolute Gasteiger partial charge is 0.493 e. The molecule has 2 heterocycles. The van der Waals surface area contributed by atoms with Crippen LogP contribution in [0.1, 0.15) is 37.7 Å². The first-order chi connectivity index (χ1) is 13.7. The predicted octanol–water partition coefficient (Wildman–Crippen LogP) is 2.87. The van der Waals surface area contributed by atoms with E-state index in [9.17, 15) is 4.79 Å². The Hall–Kier alpha value is -2.05. The van der Waals surface area contributed by atoms with Gasteiger partial charge in [-0.05, 0) is 62.5 Å². The summed E-state index contributed by atoms with van der Waals surface area (Å²) in [5, 5.41) is 3.13. The Morgan fingerprint density at radius 1 is 1.14 bits per heavy atom. The number of benzene rings is 1. The van der Waals surface area contributed by atoms with Crippen molar-refractivity contribution in [2.75, 3.05) is 47.1 Å². The van der Waals surface area contributed by atoms with Crippen molar-refractivity contribution in [3.63, 3.8) is 0 Å². The van der Waals surface area contributed by atoms with Crippen molar-refractivity contribution in [2.24, 2.45) is 0 Å². The minimum atomic E-state index is -0.0716. The van der Waals surface area contributed by atoms with Gasteiger partial charge in [-0.15, -0.1) is 0 Å². The first kappa shape index (κ1) is 20.7. The van der Waals surface area contributed by atoms with E-state index in [0.717, 1.165) is 44.7 Å². The molecule has 1 aromatic rings. The normalized spacial score (nSPS) is 20.1. The van der Waals surface area contributed by atoms with Crippen LogP contribution in [0.3, 0.4) is 0 Å². The Bertz CT molecular complexity index is 677. The van der Waals surface area contributed by atoms with Crippen molar-refractivity contribution in [1.82, 2.24) is 10.2 Å². The number of rotatable bonds is 7. The minimum absolute atomic E-state index is 0.0332. The monoisotopic (exact) mass is 388 g/mol. The van der Waals surface area contributed by atoms with Crippen LogP contribution in [-0.4, -0.2) is 63.4 Å². The molecular formula is C22H32N2O4. The van der Waals surface area contributed by atoms with Gasteiger partial charge in [0.2, 0.25) is 5.91 Å². The molecule has 2 aliphatic rings. The van der Waals surface area contributed by atoms with Crippen LogP contribution >= 0.6 is 0 Å². The Morgan fingerprint density at radius 2 is 1.86 bits per heavy atom. The van der Waals surface area contributed by atoms with E-state index in [-0.39, 0.29) is 11.4 Å². The SMILES string of the molecule is COc1ccc(C=CC(=O)NCC2(N3CCCCC3)CCOCC2)cc1OC. The summed E-state index contributed by atoms with van der Waals surface area (Å²) >= 11 is 0. The average molecular weight is 389 g/mol. The second-order valence-electron chi connectivity index (χ2n) is 7.55. The maximum atomic E-state index is 12.5. The third kappa shape index (κ3) is 5.06. The second-order valence-corrected chi connectivity index (χ2v) is 7.55. The summed E-state index contributed by atoms with van der Waals surface area (Å²) in [5.41, 5.74) is 0.926. The van der Waals surface area contributed by atoms with Crippen molar-refractivity contribution in [3.05, 3.63) is 29.8 Å². The van der Waals surface area contributed by atoms with E-state index in [1.807, 2.05) is 18.2 Å². The molecule has 0 bridgehead atoms. The third-order valence-electron chi connectivity index (χ3n) is 5.88. The van der Waals surface area contributed by atoms with E-state index in [2.05, 4.69) is 10.2 Å². The lowest BCUT2D eigenvalue weighted by Crippen LogP contribution is -2.59. The van der Waals surface area contributed by atoms with Gasteiger partial charge in [-0.1, -0.05) is 12.5 Å². The third-order valence-corrected chi connectivity index (χ3v) is 5.88. The van der Waals surface area contributed by atoms with Crippen molar-refractivity contribution >= 4 is 12.0 Å². The van der Waals surface area contributed by atoms with Gasteiger partial charge in [0.1, 0.15) is 0 Å². The van der Waals surface area contributed by atoms with Gasteiger partial charge >= 0.3 is 0 Å². The van der Waals surface area contributed by atoms with E-state index in [1.165, 1.54) is 19.3 Å². The average Bonchev–Trinajstić information content (AvgIpc) is 2.77. The Balaban J connectivity index is 1.60. The molecule has 0 radical (unpaired) electrons. The molecule has 0 aliphatic carbocycles. The molecule has 28 heavy (non-hydrogen) atoms. The number of carbonyl (C=O) groups is 1. The van der Waals surface area contributed by atoms with E-state index in [4.69, 9.17) is 14.2 Å². The van der Waals surface area contributed by atoms with Crippen molar-refractivity contribution in [2.45, 2.75) is 37.6 Å². The van der Waals surface area contributed by atoms with Crippen LogP contribution in [0.15, 0.2) is 24.3 Å². The fourth-order valence-electron chi connectivity index (χ4n) is 4.16. The van der Waals surface area contributed by atoms with Gasteiger partial charge in [-0.3, -0.25) is 9.69 Å². The van der Waals surface area contributed by atoms with Crippen molar-refractivity contribution in [1.29, 1.82) is 0 Å². The van der Waals surface area contributed by atoms with Gasteiger partial charge in [0, 0.05) is 31.4 Å². The summed E-state index contributed by atoms with van der Waals surface area (Å²) in [7, 11) is 3.21. The maximum absolute atomic E-state index is 12.5. The zero-order valence-electron chi connectivity index (χ0n) is 17.0. The second kappa shape index (κ2) is 9.94. The lowest BCUT2D eigenvalue weighted by Gasteiger charge is -2.48. The molecule has 0 atom stereocenters. The lowest BCUT2D eigenvalue weighted by atomic mass is 9.86. The van der Waals surface area contributed by atoms with Gasteiger partial charge in [0.05, 0.1) is 14.2 Å². The molecule has 1 N–H and O–H groups in total. The number of nitrogens with zero attached hydrogens (tertiary/aromatic N) is 1. The van der Waals surface area contributed by atoms with Crippen LogP contribution in [0.2, 0.25) is 0 Å². The topological polar surface area (TPSA) is 60.0 Å². The molecule has 6 nitrogen and oxygen atoms in total. The highest BCUT2D eigenvalue weighted by molar-refractivity contribution is 5.91. The van der Waals surface area contributed by atoms with E-state index in [1.54, 1.807) is 26.4 Å². The highest BCUT2D eigenvalue weighted by Crippen LogP contribution is 2.30. The van der Waals surface area contributed by atoms with Gasteiger partial charge in [-0.2, -0.15) is 0 Å². The molecule has 1 aromatic carbocycles. The molecule has 2 fully saturated rings. The van der Waals surface area contributed by atoms with Crippen LogP contribution in [0.4, 0.5) is 0 Å². The number of hydrogen-bond acceptors (Lipinski definition) is 5. The molecule has 2 aliphatic heterocycles. The summed E-state index contributed by atoms with van der Waals surface area (Å²) in [5.74, 6) is 1.25. The minimum Gasteiger partial charge on any atom is -0.493 e. The summed E-state index contributed by atoms with van der Waals surface area (Å²) in [6, 6.07) is 5.60. The van der Waals surface area contributed by atoms with Crippen LogP contribution < -0.4 is 14.8 Å². The first-order valence-electron chi connectivity index (χ1n) is 10.2. The number of piperidine rings is 1. The van der Waals surface area contributed by atoms with E-state index in [0.29, 0.717) is 18.0 Å². The smallest absolute Gasteiger partial charge is 0.244 e. The van der Waals surface area contributed by atoms with Crippen LogP contribution in [0.5, 0.6) is 11.5 Å². The molecule has 3 rings (SSSR count). The molecule has 0 unspecified atom stereocenters. The van der Waals surface area contributed by atoms with Crippen molar-refractivity contribution in [3.8, 4) is 11.5 Å². The maximum Gasteiger partial charge on any atom is 0.244 e. The molecule has 0 spiro atoms.